The normalized spacial score (nSPS) is 10.7. The summed E-state index contributed by atoms with van der Waals surface area (Å²) >= 11 is 2.22. The van der Waals surface area contributed by atoms with Crippen LogP contribution in [0.1, 0.15) is 29.2 Å². The molecule has 0 saturated heterocycles. The number of nitriles is 2. The largest absolute Gasteiger partial charge is 0.490 e. The smallest absolute Gasteiger partial charge is 0.175 e. The van der Waals surface area contributed by atoms with E-state index in [4.69, 9.17) is 14.7 Å². The molecule has 5 heteroatoms. The van der Waals surface area contributed by atoms with Crippen molar-refractivity contribution in [3.05, 3.63) is 92.6 Å². The molecule has 148 valence electrons. The Morgan fingerprint density at radius 1 is 1.00 bits per heavy atom. The molecule has 0 aliphatic rings. The fraction of sp³-hybridized carbons (Fsp3) is 0.120. The van der Waals surface area contributed by atoms with Gasteiger partial charge < -0.3 is 9.47 Å². The topological polar surface area (TPSA) is 66.0 Å². The van der Waals surface area contributed by atoms with Gasteiger partial charge in [-0.1, -0.05) is 42.5 Å². The fourth-order valence-electron chi connectivity index (χ4n) is 2.91. The van der Waals surface area contributed by atoms with E-state index in [1.807, 2.05) is 55.5 Å². The van der Waals surface area contributed by atoms with Gasteiger partial charge in [0, 0.05) is 0 Å². The minimum atomic E-state index is 0.441. The highest BCUT2D eigenvalue weighted by Crippen LogP contribution is 2.36. The monoisotopic (exact) mass is 506 g/mol. The van der Waals surface area contributed by atoms with Gasteiger partial charge in [0.05, 0.1) is 33.5 Å². The molecule has 0 radical (unpaired) electrons. The average molecular weight is 506 g/mol. The maximum atomic E-state index is 9.65. The zero-order valence-electron chi connectivity index (χ0n) is 16.4. The van der Waals surface area contributed by atoms with Crippen molar-refractivity contribution in [1.29, 1.82) is 10.5 Å². The van der Waals surface area contributed by atoms with Crippen LogP contribution < -0.4 is 9.47 Å². The maximum absolute atomic E-state index is 9.65. The predicted molar refractivity (Wildman–Crippen MR) is 126 cm³/mol. The van der Waals surface area contributed by atoms with Gasteiger partial charge in [-0.05, 0) is 76.5 Å². The third-order valence-electron chi connectivity index (χ3n) is 4.29. The van der Waals surface area contributed by atoms with Gasteiger partial charge in [0.25, 0.3) is 0 Å². The molecule has 0 aromatic heterocycles. The first kappa shape index (κ1) is 21.4. The fourth-order valence-corrected chi connectivity index (χ4v) is 3.69. The maximum Gasteiger partial charge on any atom is 0.175 e. The predicted octanol–water partition coefficient (Wildman–Crippen LogP) is 6.20. The molecule has 30 heavy (non-hydrogen) atoms. The summed E-state index contributed by atoms with van der Waals surface area (Å²) in [6.07, 6.45) is 1.79. The number of rotatable bonds is 7. The lowest BCUT2D eigenvalue weighted by atomic mass is 10.0. The number of ether oxygens (including phenoxy) is 2. The van der Waals surface area contributed by atoms with Crippen molar-refractivity contribution in [2.24, 2.45) is 0 Å². The summed E-state index contributed by atoms with van der Waals surface area (Å²) in [7, 11) is 0. The summed E-state index contributed by atoms with van der Waals surface area (Å²) in [6, 6.07) is 25.1. The van der Waals surface area contributed by atoms with Crippen LogP contribution in [0.5, 0.6) is 11.5 Å². The summed E-state index contributed by atoms with van der Waals surface area (Å²) < 4.78 is 12.8. The van der Waals surface area contributed by atoms with Crippen molar-refractivity contribution in [3.63, 3.8) is 0 Å². The molecule has 0 aliphatic carbocycles. The molecule has 0 saturated carbocycles. The molecule has 0 amide bonds. The third kappa shape index (κ3) is 5.40. The Morgan fingerprint density at radius 2 is 1.80 bits per heavy atom. The highest BCUT2D eigenvalue weighted by atomic mass is 127. The minimum absolute atomic E-state index is 0.441. The van der Waals surface area contributed by atoms with Crippen LogP contribution in [0.25, 0.3) is 11.6 Å². The Kier molecular flexibility index (Phi) is 7.48. The minimum Gasteiger partial charge on any atom is -0.490 e. The van der Waals surface area contributed by atoms with Gasteiger partial charge in [0.1, 0.15) is 6.61 Å². The van der Waals surface area contributed by atoms with E-state index in [1.54, 1.807) is 24.3 Å². The standard InChI is InChI=1S/C25H19IN2O2/c1-2-29-24-14-20(12-22(16-28)21-10-6-9-19(11-21)15-27)13-23(26)25(24)30-17-18-7-4-3-5-8-18/h3-14H,2,17H2,1H3. The summed E-state index contributed by atoms with van der Waals surface area (Å²) in [5.74, 6) is 1.32. The summed E-state index contributed by atoms with van der Waals surface area (Å²) in [4.78, 5) is 0. The quantitative estimate of drug-likeness (QED) is 0.217. The number of halogens is 1. The molecule has 3 rings (SSSR count). The SMILES string of the molecule is CCOc1cc(C=C(C#N)c2cccc(C#N)c2)cc(I)c1OCc1ccccc1. The van der Waals surface area contributed by atoms with Crippen molar-refractivity contribution in [3.8, 4) is 23.6 Å². The lowest BCUT2D eigenvalue weighted by molar-refractivity contribution is 0.267. The van der Waals surface area contributed by atoms with Crippen LogP contribution >= 0.6 is 22.6 Å². The zero-order chi connectivity index (χ0) is 21.3. The third-order valence-corrected chi connectivity index (χ3v) is 5.09. The van der Waals surface area contributed by atoms with Gasteiger partial charge in [0.15, 0.2) is 11.5 Å². The zero-order valence-corrected chi connectivity index (χ0v) is 18.6. The number of nitrogens with zero attached hydrogens (tertiary/aromatic N) is 2. The van der Waals surface area contributed by atoms with Crippen LogP contribution in [0.2, 0.25) is 0 Å². The average Bonchev–Trinajstić information content (AvgIpc) is 2.78. The molecule has 4 nitrogen and oxygen atoms in total. The Morgan fingerprint density at radius 3 is 2.50 bits per heavy atom. The molecule has 0 unspecified atom stereocenters. The molecule has 0 fully saturated rings. The van der Waals surface area contributed by atoms with Crippen molar-refractivity contribution in [2.45, 2.75) is 13.5 Å². The summed E-state index contributed by atoms with van der Waals surface area (Å²) in [5, 5.41) is 18.8. The summed E-state index contributed by atoms with van der Waals surface area (Å²) in [5.41, 5.74) is 3.60. The number of benzene rings is 3. The summed E-state index contributed by atoms with van der Waals surface area (Å²) in [6.45, 7) is 2.86. The van der Waals surface area contributed by atoms with E-state index >= 15 is 0 Å². The number of hydrogen-bond donors (Lipinski definition) is 0. The van der Waals surface area contributed by atoms with Gasteiger partial charge >= 0.3 is 0 Å². The Balaban J connectivity index is 1.94. The lowest BCUT2D eigenvalue weighted by Gasteiger charge is -2.15. The second kappa shape index (κ2) is 10.5. The molecule has 0 N–H and O–H groups in total. The van der Waals surface area contributed by atoms with E-state index < -0.39 is 0 Å². The van der Waals surface area contributed by atoms with Crippen LogP contribution in [0.15, 0.2) is 66.7 Å². The first-order valence-corrected chi connectivity index (χ1v) is 10.5. The second-order valence-corrected chi connectivity index (χ2v) is 7.56. The van der Waals surface area contributed by atoms with E-state index in [0.29, 0.717) is 41.4 Å². The van der Waals surface area contributed by atoms with E-state index in [0.717, 1.165) is 14.7 Å². The van der Waals surface area contributed by atoms with Gasteiger partial charge in [-0.2, -0.15) is 10.5 Å². The highest BCUT2D eigenvalue weighted by Gasteiger charge is 2.13. The molecule has 0 bridgehead atoms. The van der Waals surface area contributed by atoms with Crippen LogP contribution in [0.3, 0.4) is 0 Å². The number of hydrogen-bond acceptors (Lipinski definition) is 4. The van der Waals surface area contributed by atoms with Crippen LogP contribution in [0, 0.1) is 26.2 Å². The molecule has 3 aromatic carbocycles. The number of allylic oxidation sites excluding steroid dienone is 1. The molecular weight excluding hydrogens is 487 g/mol. The van der Waals surface area contributed by atoms with Crippen molar-refractivity contribution in [2.75, 3.05) is 6.61 Å². The Bertz CT molecular complexity index is 1140. The van der Waals surface area contributed by atoms with E-state index in [2.05, 4.69) is 34.7 Å². The van der Waals surface area contributed by atoms with Gasteiger partial charge in [0.2, 0.25) is 0 Å². The van der Waals surface area contributed by atoms with Crippen LogP contribution in [-0.4, -0.2) is 6.61 Å². The van der Waals surface area contributed by atoms with Crippen LogP contribution in [-0.2, 0) is 6.61 Å². The molecule has 0 atom stereocenters. The van der Waals surface area contributed by atoms with Crippen molar-refractivity contribution >= 4 is 34.2 Å². The van der Waals surface area contributed by atoms with Crippen LogP contribution in [0.4, 0.5) is 0 Å². The van der Waals surface area contributed by atoms with E-state index in [1.165, 1.54) is 0 Å². The van der Waals surface area contributed by atoms with Gasteiger partial charge in [-0.3, -0.25) is 0 Å². The van der Waals surface area contributed by atoms with Crippen molar-refractivity contribution in [1.82, 2.24) is 0 Å². The lowest BCUT2D eigenvalue weighted by Crippen LogP contribution is -2.02. The first-order chi connectivity index (χ1) is 14.6. The Hall–Kier alpha value is -3.29. The highest BCUT2D eigenvalue weighted by molar-refractivity contribution is 14.1. The van der Waals surface area contributed by atoms with Gasteiger partial charge in [-0.25, -0.2) is 0 Å². The van der Waals surface area contributed by atoms with E-state index in [-0.39, 0.29) is 0 Å². The second-order valence-electron chi connectivity index (χ2n) is 6.40. The molecular formula is C25H19IN2O2. The van der Waals surface area contributed by atoms with Gasteiger partial charge in [-0.15, -0.1) is 0 Å². The first-order valence-electron chi connectivity index (χ1n) is 9.40. The molecule has 0 aliphatic heterocycles. The Labute approximate surface area is 190 Å². The van der Waals surface area contributed by atoms with E-state index in [9.17, 15) is 5.26 Å². The molecule has 0 spiro atoms. The van der Waals surface area contributed by atoms with Crippen molar-refractivity contribution < 1.29 is 9.47 Å². The molecule has 3 aromatic rings. The molecule has 0 heterocycles.